The summed E-state index contributed by atoms with van der Waals surface area (Å²) in [7, 11) is 0. The van der Waals surface area contributed by atoms with Gasteiger partial charge in [0.25, 0.3) is 0 Å². The zero-order chi connectivity index (χ0) is 11.0. The Balaban J connectivity index is 3.95. The summed E-state index contributed by atoms with van der Waals surface area (Å²) in [5, 5.41) is 3.58. The van der Waals surface area contributed by atoms with Crippen molar-refractivity contribution in [2.75, 3.05) is 6.54 Å². The first-order chi connectivity index (χ1) is 6.54. The predicted octanol–water partition coefficient (Wildman–Crippen LogP) is 3.98. The number of rotatable bonds is 8. The second kappa shape index (κ2) is 7.28. The fraction of sp³-hybridized carbons (Fsp3) is 1.00. The molecule has 0 fully saturated rings. The highest BCUT2D eigenvalue weighted by Gasteiger charge is 2.22. The van der Waals surface area contributed by atoms with Gasteiger partial charge in [-0.15, -0.1) is 0 Å². The molecule has 0 saturated carbocycles. The molecule has 1 nitrogen and oxygen atoms in total. The molecule has 1 unspecified atom stereocenters. The van der Waals surface area contributed by atoms with E-state index in [0.29, 0.717) is 11.5 Å². The quantitative estimate of drug-likeness (QED) is 0.623. The summed E-state index contributed by atoms with van der Waals surface area (Å²) in [6, 6.07) is 0.618. The van der Waals surface area contributed by atoms with Crippen molar-refractivity contribution in [2.45, 2.75) is 72.8 Å². The van der Waals surface area contributed by atoms with E-state index < -0.39 is 0 Å². The van der Waals surface area contributed by atoms with Gasteiger partial charge in [-0.2, -0.15) is 0 Å². The van der Waals surface area contributed by atoms with E-state index in [2.05, 4.69) is 39.9 Å². The first kappa shape index (κ1) is 14.0. The van der Waals surface area contributed by atoms with Crippen LogP contribution < -0.4 is 5.32 Å². The van der Waals surface area contributed by atoms with Gasteiger partial charge in [0.2, 0.25) is 0 Å². The zero-order valence-corrected chi connectivity index (χ0v) is 10.8. The summed E-state index contributed by atoms with van der Waals surface area (Å²) >= 11 is 0. The van der Waals surface area contributed by atoms with Crippen LogP contribution in [-0.2, 0) is 0 Å². The molecule has 1 N–H and O–H groups in total. The number of nitrogens with one attached hydrogen (secondary N) is 1. The molecular formula is C13H29N. The lowest BCUT2D eigenvalue weighted by atomic mass is 9.80. The standard InChI is InChI=1S/C13H29N/c1-6-8-10-13(5,9-7-2)11-14-12(3)4/h12,14H,6-11H2,1-5H3. The molecule has 1 heteroatoms. The molecule has 14 heavy (non-hydrogen) atoms. The zero-order valence-electron chi connectivity index (χ0n) is 10.8. The van der Waals surface area contributed by atoms with Gasteiger partial charge in [0.05, 0.1) is 0 Å². The van der Waals surface area contributed by atoms with Gasteiger partial charge >= 0.3 is 0 Å². The molecule has 0 heterocycles. The van der Waals surface area contributed by atoms with Crippen LogP contribution in [-0.4, -0.2) is 12.6 Å². The maximum absolute atomic E-state index is 3.58. The van der Waals surface area contributed by atoms with Crippen LogP contribution in [0.1, 0.15) is 66.7 Å². The van der Waals surface area contributed by atoms with Crippen molar-refractivity contribution in [3.05, 3.63) is 0 Å². The predicted molar refractivity (Wildman–Crippen MR) is 65.7 cm³/mol. The first-order valence-corrected chi connectivity index (χ1v) is 6.27. The van der Waals surface area contributed by atoms with E-state index in [0.717, 1.165) is 0 Å². The molecule has 0 amide bonds. The van der Waals surface area contributed by atoms with Crippen molar-refractivity contribution in [1.82, 2.24) is 5.32 Å². The van der Waals surface area contributed by atoms with Crippen LogP contribution in [0.5, 0.6) is 0 Å². The maximum Gasteiger partial charge on any atom is 0.00106 e. The van der Waals surface area contributed by atoms with Crippen LogP contribution in [0.2, 0.25) is 0 Å². The minimum Gasteiger partial charge on any atom is -0.314 e. The van der Waals surface area contributed by atoms with Crippen molar-refractivity contribution in [3.63, 3.8) is 0 Å². The van der Waals surface area contributed by atoms with E-state index in [1.807, 2.05) is 0 Å². The van der Waals surface area contributed by atoms with E-state index in [-0.39, 0.29) is 0 Å². The molecule has 1 atom stereocenters. The molecule has 86 valence electrons. The van der Waals surface area contributed by atoms with Crippen molar-refractivity contribution in [1.29, 1.82) is 0 Å². The summed E-state index contributed by atoms with van der Waals surface area (Å²) in [5.74, 6) is 0. The lowest BCUT2D eigenvalue weighted by molar-refractivity contribution is 0.242. The molecule has 0 aliphatic rings. The fourth-order valence-corrected chi connectivity index (χ4v) is 1.96. The Hall–Kier alpha value is -0.0400. The van der Waals surface area contributed by atoms with Gasteiger partial charge in [-0.3, -0.25) is 0 Å². The van der Waals surface area contributed by atoms with Gasteiger partial charge < -0.3 is 5.32 Å². The third-order valence-corrected chi connectivity index (χ3v) is 2.92. The molecule has 0 aromatic heterocycles. The molecule has 0 aliphatic heterocycles. The summed E-state index contributed by atoms with van der Waals surface area (Å²) in [4.78, 5) is 0. The molecule has 0 radical (unpaired) electrons. The van der Waals surface area contributed by atoms with Crippen molar-refractivity contribution in [3.8, 4) is 0 Å². The summed E-state index contributed by atoms with van der Waals surface area (Å²) in [5.41, 5.74) is 0.523. The van der Waals surface area contributed by atoms with E-state index in [1.54, 1.807) is 0 Å². The lowest BCUT2D eigenvalue weighted by Crippen LogP contribution is -2.35. The van der Waals surface area contributed by atoms with Crippen molar-refractivity contribution < 1.29 is 0 Å². The van der Waals surface area contributed by atoms with Gasteiger partial charge in [-0.1, -0.05) is 53.9 Å². The molecule has 0 aliphatic carbocycles. The highest BCUT2D eigenvalue weighted by Crippen LogP contribution is 2.29. The highest BCUT2D eigenvalue weighted by atomic mass is 14.9. The number of hydrogen-bond donors (Lipinski definition) is 1. The Morgan fingerprint density at radius 1 is 1.07 bits per heavy atom. The van der Waals surface area contributed by atoms with Crippen LogP contribution in [0.15, 0.2) is 0 Å². The topological polar surface area (TPSA) is 12.0 Å². The largest absolute Gasteiger partial charge is 0.314 e. The smallest absolute Gasteiger partial charge is 0.00106 e. The lowest BCUT2D eigenvalue weighted by Gasteiger charge is -2.30. The summed E-state index contributed by atoms with van der Waals surface area (Å²) in [6.45, 7) is 12.6. The van der Waals surface area contributed by atoms with Crippen molar-refractivity contribution >= 4 is 0 Å². The average molecular weight is 199 g/mol. The van der Waals surface area contributed by atoms with Gasteiger partial charge in [-0.25, -0.2) is 0 Å². The van der Waals surface area contributed by atoms with Gasteiger partial charge in [0, 0.05) is 12.6 Å². The first-order valence-electron chi connectivity index (χ1n) is 6.27. The van der Waals surface area contributed by atoms with Crippen LogP contribution in [0.4, 0.5) is 0 Å². The minimum absolute atomic E-state index is 0.523. The van der Waals surface area contributed by atoms with E-state index >= 15 is 0 Å². The molecule has 0 rings (SSSR count). The summed E-state index contributed by atoms with van der Waals surface area (Å²) < 4.78 is 0. The van der Waals surface area contributed by atoms with Gasteiger partial charge in [0.15, 0.2) is 0 Å². The third kappa shape index (κ3) is 6.42. The highest BCUT2D eigenvalue weighted by molar-refractivity contribution is 4.77. The molecular weight excluding hydrogens is 170 g/mol. The van der Waals surface area contributed by atoms with E-state index in [9.17, 15) is 0 Å². The Morgan fingerprint density at radius 3 is 2.14 bits per heavy atom. The summed E-state index contributed by atoms with van der Waals surface area (Å²) in [6.07, 6.45) is 6.72. The molecule has 0 saturated heterocycles. The van der Waals surface area contributed by atoms with Crippen LogP contribution in [0.25, 0.3) is 0 Å². The Bertz CT molecular complexity index is 131. The van der Waals surface area contributed by atoms with Crippen LogP contribution in [0, 0.1) is 5.41 Å². The van der Waals surface area contributed by atoms with Crippen molar-refractivity contribution in [2.24, 2.45) is 5.41 Å². The SMILES string of the molecule is CCCCC(C)(CCC)CNC(C)C. The Labute approximate surface area is 90.7 Å². The monoisotopic (exact) mass is 199 g/mol. The Morgan fingerprint density at radius 2 is 1.71 bits per heavy atom. The number of unbranched alkanes of at least 4 members (excludes halogenated alkanes) is 1. The maximum atomic E-state index is 3.58. The van der Waals surface area contributed by atoms with Crippen LogP contribution in [0.3, 0.4) is 0 Å². The number of hydrogen-bond acceptors (Lipinski definition) is 1. The van der Waals surface area contributed by atoms with E-state index in [1.165, 1.54) is 38.6 Å². The molecule has 0 spiro atoms. The van der Waals surface area contributed by atoms with Crippen LogP contribution >= 0.6 is 0 Å². The molecule has 0 aromatic rings. The average Bonchev–Trinajstić information content (AvgIpc) is 2.13. The van der Waals surface area contributed by atoms with E-state index in [4.69, 9.17) is 0 Å². The second-order valence-corrected chi connectivity index (χ2v) is 5.20. The second-order valence-electron chi connectivity index (χ2n) is 5.20. The van der Waals surface area contributed by atoms with Gasteiger partial charge in [-0.05, 0) is 18.3 Å². The third-order valence-electron chi connectivity index (χ3n) is 2.92. The minimum atomic E-state index is 0.523. The molecule has 0 bridgehead atoms. The fourth-order valence-electron chi connectivity index (χ4n) is 1.96. The normalized spacial score (nSPS) is 15.9. The Kier molecular flexibility index (Phi) is 7.26. The molecule has 0 aromatic carbocycles. The van der Waals surface area contributed by atoms with Gasteiger partial charge in [0.1, 0.15) is 0 Å².